The van der Waals surface area contributed by atoms with Crippen LogP contribution in [0.1, 0.15) is 24.1 Å². The van der Waals surface area contributed by atoms with E-state index in [2.05, 4.69) is 9.82 Å². The fraction of sp³-hybridized carbons (Fsp3) is 0.333. The first-order valence-electron chi connectivity index (χ1n) is 10.1. The third-order valence-electron chi connectivity index (χ3n) is 5.51. The molecule has 9 nitrogen and oxygen atoms in total. The number of halogens is 1. The number of carbonyl (C=O) groups is 1. The highest BCUT2D eigenvalue weighted by molar-refractivity contribution is 7.87. The quantitative estimate of drug-likeness (QED) is 0.547. The molecule has 0 atom stereocenters. The molecule has 2 N–H and O–H groups in total. The summed E-state index contributed by atoms with van der Waals surface area (Å²) in [5.41, 5.74) is 2.30. The molecule has 3 aromatic rings. The van der Waals surface area contributed by atoms with Crippen LogP contribution in [-0.4, -0.2) is 57.3 Å². The molecular formula is C21H24ClN5O4S. The van der Waals surface area contributed by atoms with Gasteiger partial charge in [-0.2, -0.15) is 17.8 Å². The van der Waals surface area contributed by atoms with Crippen molar-refractivity contribution in [1.29, 1.82) is 0 Å². The van der Waals surface area contributed by atoms with E-state index in [-0.39, 0.29) is 13.1 Å². The van der Waals surface area contributed by atoms with Crippen LogP contribution in [0.15, 0.2) is 36.5 Å². The minimum atomic E-state index is -3.97. The number of amides is 1. The number of benzene rings is 1. The van der Waals surface area contributed by atoms with Crippen molar-refractivity contribution in [2.24, 2.45) is 7.05 Å². The smallest absolute Gasteiger partial charge is 0.304 e. The van der Waals surface area contributed by atoms with Crippen molar-refractivity contribution in [3.8, 4) is 5.82 Å². The predicted molar refractivity (Wildman–Crippen MR) is 123 cm³/mol. The van der Waals surface area contributed by atoms with Crippen LogP contribution in [0.4, 0.5) is 0 Å². The molecule has 1 aliphatic rings. The number of nitrogens with zero attached hydrogens (tertiary/aromatic N) is 4. The standard InChI is InChI=1S/C21H24ClN5O4S/c1-14-18(4-6-20(29)24-32(30,31)26-10-8-17(28)9-11-26)21(25(2)23-14)27-12-7-15-13-16(22)3-5-19(15)27/h3-7,12-13,17,28H,8-11H2,1-2H3,(H,24,29)/b6-4+. The minimum Gasteiger partial charge on any atom is -0.393 e. The number of hydrogen-bond acceptors (Lipinski definition) is 5. The van der Waals surface area contributed by atoms with Crippen LogP contribution in [0.25, 0.3) is 22.8 Å². The molecule has 0 saturated carbocycles. The number of piperidine rings is 1. The number of rotatable bonds is 5. The maximum atomic E-state index is 12.5. The van der Waals surface area contributed by atoms with E-state index in [4.69, 9.17) is 11.6 Å². The van der Waals surface area contributed by atoms with Crippen LogP contribution in [0, 0.1) is 6.92 Å². The summed E-state index contributed by atoms with van der Waals surface area (Å²) in [6.07, 6.45) is 4.82. The van der Waals surface area contributed by atoms with Crippen molar-refractivity contribution >= 4 is 44.7 Å². The Labute approximate surface area is 191 Å². The van der Waals surface area contributed by atoms with Gasteiger partial charge in [0.05, 0.1) is 17.3 Å². The van der Waals surface area contributed by atoms with Crippen molar-refractivity contribution in [2.75, 3.05) is 13.1 Å². The molecule has 0 bridgehead atoms. The first kappa shape index (κ1) is 22.5. The van der Waals surface area contributed by atoms with Crippen LogP contribution in [-0.2, 0) is 22.1 Å². The number of carbonyl (C=O) groups excluding carboxylic acids is 1. The molecule has 3 heterocycles. The summed E-state index contributed by atoms with van der Waals surface area (Å²) in [7, 11) is -2.17. The first-order valence-corrected chi connectivity index (χ1v) is 12.0. The third kappa shape index (κ3) is 4.44. The fourth-order valence-corrected chi connectivity index (χ4v) is 5.23. The van der Waals surface area contributed by atoms with Gasteiger partial charge >= 0.3 is 10.2 Å². The van der Waals surface area contributed by atoms with E-state index in [0.717, 1.165) is 16.7 Å². The Bertz CT molecular complexity index is 1300. The van der Waals surface area contributed by atoms with Crippen LogP contribution < -0.4 is 4.72 Å². The van der Waals surface area contributed by atoms with Gasteiger partial charge in [0.1, 0.15) is 5.82 Å². The van der Waals surface area contributed by atoms with Gasteiger partial charge in [0.15, 0.2) is 0 Å². The molecule has 1 fully saturated rings. The fourth-order valence-electron chi connectivity index (χ4n) is 3.91. The molecule has 1 aliphatic heterocycles. The summed E-state index contributed by atoms with van der Waals surface area (Å²) in [5.74, 6) is -0.0220. The Morgan fingerprint density at radius 2 is 2.00 bits per heavy atom. The van der Waals surface area contributed by atoms with E-state index in [0.29, 0.717) is 29.1 Å². The number of aliphatic hydroxyl groups excluding tert-OH is 1. The predicted octanol–water partition coefficient (Wildman–Crippen LogP) is 2.16. The molecule has 0 aliphatic carbocycles. The largest absolute Gasteiger partial charge is 0.393 e. The van der Waals surface area contributed by atoms with Gasteiger partial charge in [-0.1, -0.05) is 11.6 Å². The number of aromatic nitrogens is 3. The molecule has 1 aromatic carbocycles. The zero-order valence-corrected chi connectivity index (χ0v) is 19.3. The summed E-state index contributed by atoms with van der Waals surface area (Å²) >= 11 is 6.09. The van der Waals surface area contributed by atoms with Crippen molar-refractivity contribution in [1.82, 2.24) is 23.4 Å². The molecule has 1 saturated heterocycles. The summed E-state index contributed by atoms with van der Waals surface area (Å²) in [4.78, 5) is 12.4. The number of fused-ring (bicyclic) bond motifs is 1. The van der Waals surface area contributed by atoms with Gasteiger partial charge in [-0.15, -0.1) is 0 Å². The van der Waals surface area contributed by atoms with Gasteiger partial charge in [-0.3, -0.25) is 9.48 Å². The third-order valence-corrected chi connectivity index (χ3v) is 7.25. The Morgan fingerprint density at radius 1 is 1.28 bits per heavy atom. The van der Waals surface area contributed by atoms with E-state index in [9.17, 15) is 18.3 Å². The van der Waals surface area contributed by atoms with Crippen molar-refractivity contribution in [3.63, 3.8) is 0 Å². The maximum absolute atomic E-state index is 12.5. The van der Waals surface area contributed by atoms with Crippen LogP contribution >= 0.6 is 11.6 Å². The summed E-state index contributed by atoms with van der Waals surface area (Å²) in [6, 6.07) is 7.51. The second-order valence-corrected chi connectivity index (χ2v) is 9.88. The number of nitrogens with one attached hydrogen (secondary N) is 1. The molecule has 32 heavy (non-hydrogen) atoms. The molecule has 1 amide bonds. The number of hydrogen-bond donors (Lipinski definition) is 2. The highest BCUT2D eigenvalue weighted by atomic mass is 35.5. The molecule has 4 rings (SSSR count). The first-order chi connectivity index (χ1) is 15.2. The molecule has 0 spiro atoms. The minimum absolute atomic E-state index is 0.171. The van der Waals surface area contributed by atoms with Gasteiger partial charge in [0, 0.05) is 48.4 Å². The topological polar surface area (TPSA) is 109 Å². The highest BCUT2D eigenvalue weighted by Crippen LogP contribution is 2.27. The van der Waals surface area contributed by atoms with Crippen molar-refractivity contribution in [2.45, 2.75) is 25.9 Å². The Kier molecular flexibility index (Phi) is 6.13. The zero-order chi connectivity index (χ0) is 23.0. The molecule has 2 aromatic heterocycles. The Balaban J connectivity index is 1.59. The van der Waals surface area contributed by atoms with Gasteiger partial charge in [0.25, 0.3) is 5.91 Å². The van der Waals surface area contributed by atoms with Gasteiger partial charge in [-0.05, 0) is 50.1 Å². The van der Waals surface area contributed by atoms with E-state index >= 15 is 0 Å². The maximum Gasteiger partial charge on any atom is 0.304 e. The van der Waals surface area contributed by atoms with Crippen LogP contribution in [0.5, 0.6) is 0 Å². The van der Waals surface area contributed by atoms with E-state index in [1.807, 2.05) is 35.9 Å². The second-order valence-electron chi connectivity index (χ2n) is 7.77. The van der Waals surface area contributed by atoms with E-state index < -0.39 is 22.2 Å². The lowest BCUT2D eigenvalue weighted by Gasteiger charge is -2.28. The Morgan fingerprint density at radius 3 is 2.72 bits per heavy atom. The van der Waals surface area contributed by atoms with Crippen molar-refractivity contribution < 1.29 is 18.3 Å². The average Bonchev–Trinajstić information content (AvgIpc) is 3.25. The zero-order valence-electron chi connectivity index (χ0n) is 17.7. The SMILES string of the molecule is Cc1nn(C)c(-n2ccc3cc(Cl)ccc32)c1/C=C/C(=O)NS(=O)(=O)N1CCC(O)CC1. The Hall–Kier alpha value is -2.66. The van der Waals surface area contributed by atoms with Gasteiger partial charge in [0.2, 0.25) is 0 Å². The average molecular weight is 478 g/mol. The lowest BCUT2D eigenvalue weighted by molar-refractivity contribution is -0.114. The van der Waals surface area contributed by atoms with Crippen LogP contribution in [0.2, 0.25) is 5.02 Å². The van der Waals surface area contributed by atoms with Crippen molar-refractivity contribution in [3.05, 3.63) is 52.8 Å². The molecular weight excluding hydrogens is 454 g/mol. The highest BCUT2D eigenvalue weighted by Gasteiger charge is 2.28. The molecule has 11 heteroatoms. The van der Waals surface area contributed by atoms with Gasteiger partial charge in [-0.25, -0.2) is 4.72 Å². The normalized spacial score (nSPS) is 16.2. The molecule has 0 radical (unpaired) electrons. The molecule has 170 valence electrons. The van der Waals surface area contributed by atoms with E-state index in [1.54, 1.807) is 23.9 Å². The second kappa shape index (κ2) is 8.70. The molecule has 0 unspecified atom stereocenters. The lowest BCUT2D eigenvalue weighted by atomic mass is 10.1. The summed E-state index contributed by atoms with van der Waals surface area (Å²) in [6.45, 7) is 2.16. The monoisotopic (exact) mass is 477 g/mol. The summed E-state index contributed by atoms with van der Waals surface area (Å²) in [5, 5.41) is 15.6. The lowest BCUT2D eigenvalue weighted by Crippen LogP contribution is -2.47. The number of aryl methyl sites for hydroxylation is 2. The van der Waals surface area contributed by atoms with Gasteiger partial charge < -0.3 is 9.67 Å². The van der Waals surface area contributed by atoms with E-state index in [1.165, 1.54) is 10.4 Å². The summed E-state index contributed by atoms with van der Waals surface area (Å²) < 4.78 is 31.8. The number of aliphatic hydroxyl groups is 1. The van der Waals surface area contributed by atoms with Crippen LogP contribution in [0.3, 0.4) is 0 Å².